The number of carbonyl (C=O) groups is 1. The van der Waals surface area contributed by atoms with Crippen molar-refractivity contribution in [1.29, 1.82) is 0 Å². The van der Waals surface area contributed by atoms with Gasteiger partial charge in [-0.05, 0) is 39.8 Å². The number of anilines is 2. The molecule has 0 bridgehead atoms. The number of nitrogens with two attached hydrogens (primary N) is 1. The molecule has 0 radical (unpaired) electrons. The average molecular weight is 350 g/mol. The molecule has 1 aliphatic heterocycles. The molecule has 26 heavy (non-hydrogen) atoms. The van der Waals surface area contributed by atoms with E-state index in [0.29, 0.717) is 17.3 Å². The van der Waals surface area contributed by atoms with Gasteiger partial charge in [0.2, 0.25) is 5.95 Å². The lowest BCUT2D eigenvalue weighted by atomic mass is 10.1. The second-order valence-electron chi connectivity index (χ2n) is 7.71. The molecule has 1 aliphatic rings. The third kappa shape index (κ3) is 2.65. The molecule has 1 atom stereocenters. The highest BCUT2D eigenvalue weighted by Gasteiger charge is 2.28. The summed E-state index contributed by atoms with van der Waals surface area (Å²) in [7, 11) is 0. The van der Waals surface area contributed by atoms with Crippen LogP contribution in [0.4, 0.5) is 11.8 Å². The van der Waals surface area contributed by atoms with Crippen molar-refractivity contribution in [2.24, 2.45) is 0 Å². The van der Waals surface area contributed by atoms with Gasteiger partial charge in [0.15, 0.2) is 0 Å². The van der Waals surface area contributed by atoms with Crippen LogP contribution in [0.5, 0.6) is 0 Å². The van der Waals surface area contributed by atoms with E-state index < -0.39 is 0 Å². The number of rotatable bonds is 2. The molecule has 3 aromatic rings. The smallest absolute Gasteiger partial charge is 0.253 e. The lowest BCUT2D eigenvalue weighted by Crippen LogP contribution is -2.27. The first-order valence-electron chi connectivity index (χ1n) is 8.61. The fourth-order valence-electron chi connectivity index (χ4n) is 3.28. The van der Waals surface area contributed by atoms with Crippen LogP contribution in [-0.2, 0) is 0 Å². The minimum Gasteiger partial charge on any atom is -0.383 e. The molecule has 1 amide bonds. The SMILES string of the molecule is CC1NC(=O)c2cc(-c3cccc4c(N)nc(NC(C)(C)C)nc34)[nH]c21. The molecule has 0 saturated heterocycles. The monoisotopic (exact) mass is 350 g/mol. The van der Waals surface area contributed by atoms with Crippen LogP contribution in [0, 0.1) is 0 Å². The third-order valence-electron chi connectivity index (χ3n) is 4.41. The van der Waals surface area contributed by atoms with E-state index in [-0.39, 0.29) is 17.5 Å². The highest BCUT2D eigenvalue weighted by atomic mass is 16.2. The number of H-pyrrole nitrogens is 1. The molecule has 134 valence electrons. The maximum Gasteiger partial charge on any atom is 0.253 e. The Kier molecular flexibility index (Phi) is 3.44. The van der Waals surface area contributed by atoms with Gasteiger partial charge in [-0.2, -0.15) is 4.98 Å². The molecule has 7 nitrogen and oxygen atoms in total. The Hall–Kier alpha value is -3.09. The van der Waals surface area contributed by atoms with Gasteiger partial charge in [-0.1, -0.05) is 12.1 Å². The lowest BCUT2D eigenvalue weighted by Gasteiger charge is -2.21. The summed E-state index contributed by atoms with van der Waals surface area (Å²) < 4.78 is 0. The summed E-state index contributed by atoms with van der Waals surface area (Å²) in [4.78, 5) is 24.5. The van der Waals surface area contributed by atoms with Crippen molar-refractivity contribution in [3.8, 4) is 11.3 Å². The van der Waals surface area contributed by atoms with Gasteiger partial charge in [-0.3, -0.25) is 4.79 Å². The van der Waals surface area contributed by atoms with Gasteiger partial charge in [-0.15, -0.1) is 0 Å². The fourth-order valence-corrected chi connectivity index (χ4v) is 3.28. The quantitative estimate of drug-likeness (QED) is 0.567. The number of nitrogen functional groups attached to an aromatic ring is 1. The molecule has 4 rings (SSSR count). The van der Waals surface area contributed by atoms with Gasteiger partial charge in [0.05, 0.1) is 22.8 Å². The zero-order chi connectivity index (χ0) is 18.6. The summed E-state index contributed by atoms with van der Waals surface area (Å²) in [5.41, 5.74) is 10.1. The zero-order valence-corrected chi connectivity index (χ0v) is 15.3. The molecule has 1 aromatic carbocycles. The van der Waals surface area contributed by atoms with Crippen LogP contribution in [0.15, 0.2) is 24.3 Å². The summed E-state index contributed by atoms with van der Waals surface area (Å²) in [6.07, 6.45) is 0. The maximum absolute atomic E-state index is 12.1. The second-order valence-corrected chi connectivity index (χ2v) is 7.71. The van der Waals surface area contributed by atoms with E-state index in [0.717, 1.165) is 27.9 Å². The standard InChI is InChI=1S/C19H22N6O/c1-9-14-12(17(26)21-9)8-13(22-14)10-6-5-7-11-15(10)23-18(24-16(11)20)25-19(2,3)4/h5-9,22H,1-4H3,(H,21,26)(H3,20,23,24,25). The molecule has 0 fully saturated rings. The molecule has 3 heterocycles. The molecule has 0 saturated carbocycles. The first-order chi connectivity index (χ1) is 12.2. The number of fused-ring (bicyclic) bond motifs is 2. The number of benzene rings is 1. The van der Waals surface area contributed by atoms with Crippen molar-refractivity contribution in [1.82, 2.24) is 20.3 Å². The van der Waals surface area contributed by atoms with Crippen LogP contribution in [0.2, 0.25) is 0 Å². The molecule has 0 spiro atoms. The largest absolute Gasteiger partial charge is 0.383 e. The first-order valence-corrected chi connectivity index (χ1v) is 8.61. The van der Waals surface area contributed by atoms with Crippen molar-refractivity contribution in [3.05, 3.63) is 35.5 Å². The van der Waals surface area contributed by atoms with Crippen LogP contribution in [0.3, 0.4) is 0 Å². The number of aromatic amines is 1. The molecule has 5 N–H and O–H groups in total. The minimum atomic E-state index is -0.184. The zero-order valence-electron chi connectivity index (χ0n) is 15.3. The van der Waals surface area contributed by atoms with Gasteiger partial charge in [0, 0.05) is 22.2 Å². The predicted octanol–water partition coefficient (Wildman–Crippen LogP) is 3.22. The Bertz CT molecular complexity index is 1030. The van der Waals surface area contributed by atoms with Crippen LogP contribution < -0.4 is 16.4 Å². The number of carbonyl (C=O) groups excluding carboxylic acids is 1. The Morgan fingerprint density at radius 3 is 2.65 bits per heavy atom. The highest BCUT2D eigenvalue weighted by molar-refractivity contribution is 6.03. The number of amides is 1. The van der Waals surface area contributed by atoms with E-state index >= 15 is 0 Å². The number of para-hydroxylation sites is 1. The van der Waals surface area contributed by atoms with E-state index in [2.05, 4.69) is 20.6 Å². The lowest BCUT2D eigenvalue weighted by molar-refractivity contribution is 0.0958. The average Bonchev–Trinajstić information content (AvgIpc) is 3.07. The number of hydrogen-bond acceptors (Lipinski definition) is 5. The summed E-state index contributed by atoms with van der Waals surface area (Å²) in [6, 6.07) is 7.64. The summed E-state index contributed by atoms with van der Waals surface area (Å²) in [6.45, 7) is 8.08. The van der Waals surface area contributed by atoms with Crippen LogP contribution in [0.25, 0.3) is 22.2 Å². The topological polar surface area (TPSA) is 109 Å². The van der Waals surface area contributed by atoms with Crippen molar-refractivity contribution in [3.63, 3.8) is 0 Å². The predicted molar refractivity (Wildman–Crippen MR) is 103 cm³/mol. The van der Waals surface area contributed by atoms with E-state index in [4.69, 9.17) is 10.7 Å². The normalized spacial score (nSPS) is 16.6. The van der Waals surface area contributed by atoms with E-state index in [9.17, 15) is 4.79 Å². The van der Waals surface area contributed by atoms with Crippen molar-refractivity contribution < 1.29 is 4.79 Å². The van der Waals surface area contributed by atoms with Crippen LogP contribution in [-0.4, -0.2) is 26.4 Å². The number of aromatic nitrogens is 3. The van der Waals surface area contributed by atoms with Gasteiger partial charge >= 0.3 is 0 Å². The number of nitrogens with zero attached hydrogens (tertiary/aromatic N) is 2. The van der Waals surface area contributed by atoms with Gasteiger partial charge in [0.1, 0.15) is 5.82 Å². The minimum absolute atomic E-state index is 0.0287. The fraction of sp³-hybridized carbons (Fsp3) is 0.316. The van der Waals surface area contributed by atoms with Crippen molar-refractivity contribution in [2.75, 3.05) is 11.1 Å². The number of nitrogens with one attached hydrogen (secondary N) is 3. The van der Waals surface area contributed by atoms with Crippen LogP contribution in [0.1, 0.15) is 49.8 Å². The third-order valence-corrected chi connectivity index (χ3v) is 4.41. The van der Waals surface area contributed by atoms with Gasteiger partial charge < -0.3 is 21.4 Å². The van der Waals surface area contributed by atoms with E-state index in [1.807, 2.05) is 52.0 Å². The molecule has 1 unspecified atom stereocenters. The van der Waals surface area contributed by atoms with Gasteiger partial charge in [-0.25, -0.2) is 4.98 Å². The summed E-state index contributed by atoms with van der Waals surface area (Å²) in [5.74, 6) is 0.855. The van der Waals surface area contributed by atoms with E-state index in [1.165, 1.54) is 0 Å². The Labute approximate surface area is 151 Å². The molecular weight excluding hydrogens is 328 g/mol. The molecule has 2 aromatic heterocycles. The maximum atomic E-state index is 12.1. The summed E-state index contributed by atoms with van der Waals surface area (Å²) in [5, 5.41) is 6.95. The molecular formula is C19H22N6O. The molecule has 7 heteroatoms. The molecule has 0 aliphatic carbocycles. The van der Waals surface area contributed by atoms with Crippen molar-refractivity contribution >= 4 is 28.6 Å². The Morgan fingerprint density at radius 2 is 1.96 bits per heavy atom. The highest BCUT2D eigenvalue weighted by Crippen LogP contribution is 2.34. The summed E-state index contributed by atoms with van der Waals surface area (Å²) >= 11 is 0. The first kappa shape index (κ1) is 16.4. The second kappa shape index (κ2) is 5.45. The van der Waals surface area contributed by atoms with Gasteiger partial charge in [0.25, 0.3) is 5.91 Å². The van der Waals surface area contributed by atoms with Crippen LogP contribution >= 0.6 is 0 Å². The Balaban J connectivity index is 1.89. The number of hydrogen-bond donors (Lipinski definition) is 4. The van der Waals surface area contributed by atoms with Crippen molar-refractivity contribution in [2.45, 2.75) is 39.3 Å². The Morgan fingerprint density at radius 1 is 1.19 bits per heavy atom. The van der Waals surface area contributed by atoms with E-state index in [1.54, 1.807) is 0 Å².